The van der Waals surface area contributed by atoms with Gasteiger partial charge in [-0.25, -0.2) is 4.98 Å². The Morgan fingerprint density at radius 3 is 2.74 bits per heavy atom. The van der Waals surface area contributed by atoms with Crippen LogP contribution in [0.5, 0.6) is 0 Å². The fraction of sp³-hybridized carbons (Fsp3) is 0.214. The summed E-state index contributed by atoms with van der Waals surface area (Å²) >= 11 is 1.61. The molecular weight excluding hydrogens is 258 g/mol. The van der Waals surface area contributed by atoms with E-state index in [2.05, 4.69) is 17.2 Å². The Balaban J connectivity index is 1.95. The summed E-state index contributed by atoms with van der Waals surface area (Å²) in [7, 11) is 0. The zero-order chi connectivity index (χ0) is 13.7. The molecule has 0 radical (unpaired) electrons. The number of hydrogen-bond acceptors (Lipinski definition) is 4. The van der Waals surface area contributed by atoms with Gasteiger partial charge in [-0.1, -0.05) is 6.92 Å². The first-order valence-electron chi connectivity index (χ1n) is 5.95. The van der Waals surface area contributed by atoms with E-state index in [1.807, 2.05) is 12.3 Å². The molecule has 0 aliphatic heterocycles. The fourth-order valence-electron chi connectivity index (χ4n) is 1.55. The summed E-state index contributed by atoms with van der Waals surface area (Å²) < 4.78 is 0. The van der Waals surface area contributed by atoms with Gasteiger partial charge in [0.2, 0.25) is 0 Å². The SMILES string of the molecule is CCc1cnc(CNC(=O)c2ccc(C#N)cc2)s1. The highest BCUT2D eigenvalue weighted by molar-refractivity contribution is 7.11. The largest absolute Gasteiger partial charge is 0.346 e. The molecule has 0 saturated carbocycles. The minimum Gasteiger partial charge on any atom is -0.346 e. The summed E-state index contributed by atoms with van der Waals surface area (Å²) in [6.07, 6.45) is 2.80. The van der Waals surface area contributed by atoms with Gasteiger partial charge in [0.1, 0.15) is 5.01 Å². The summed E-state index contributed by atoms with van der Waals surface area (Å²) in [4.78, 5) is 17.3. The Hall–Kier alpha value is -2.19. The Morgan fingerprint density at radius 2 is 2.16 bits per heavy atom. The van der Waals surface area contributed by atoms with Crippen molar-refractivity contribution in [2.75, 3.05) is 0 Å². The molecule has 1 aromatic carbocycles. The second kappa shape index (κ2) is 6.12. The lowest BCUT2D eigenvalue weighted by Crippen LogP contribution is -2.22. The summed E-state index contributed by atoms with van der Waals surface area (Å²) in [5.41, 5.74) is 1.09. The van der Waals surface area contributed by atoms with Crippen molar-refractivity contribution in [1.29, 1.82) is 5.26 Å². The van der Waals surface area contributed by atoms with Crippen LogP contribution in [0.2, 0.25) is 0 Å². The Morgan fingerprint density at radius 1 is 1.42 bits per heavy atom. The van der Waals surface area contributed by atoms with Crippen molar-refractivity contribution in [2.45, 2.75) is 19.9 Å². The van der Waals surface area contributed by atoms with Gasteiger partial charge in [-0.2, -0.15) is 5.26 Å². The van der Waals surface area contributed by atoms with Crippen molar-refractivity contribution < 1.29 is 4.79 Å². The van der Waals surface area contributed by atoms with Crippen LogP contribution in [0, 0.1) is 11.3 Å². The second-order valence-corrected chi connectivity index (χ2v) is 5.15. The van der Waals surface area contributed by atoms with Gasteiger partial charge >= 0.3 is 0 Å². The van der Waals surface area contributed by atoms with E-state index in [0.717, 1.165) is 11.4 Å². The number of nitrogens with one attached hydrogen (secondary N) is 1. The van der Waals surface area contributed by atoms with Crippen LogP contribution in [-0.2, 0) is 13.0 Å². The lowest BCUT2D eigenvalue weighted by atomic mass is 10.1. The van der Waals surface area contributed by atoms with Gasteiger partial charge in [0.05, 0.1) is 18.2 Å². The van der Waals surface area contributed by atoms with E-state index in [4.69, 9.17) is 5.26 Å². The summed E-state index contributed by atoms with van der Waals surface area (Å²) in [5.74, 6) is -0.155. The number of amides is 1. The number of nitrogens with zero attached hydrogens (tertiary/aromatic N) is 2. The number of thiazole rings is 1. The second-order valence-electron chi connectivity index (χ2n) is 3.95. The van der Waals surface area contributed by atoms with Crippen molar-refractivity contribution >= 4 is 17.2 Å². The lowest BCUT2D eigenvalue weighted by molar-refractivity contribution is 0.0951. The molecule has 1 amide bonds. The first kappa shape index (κ1) is 13.2. The standard InChI is InChI=1S/C14H13N3OS/c1-2-12-8-16-13(19-12)9-17-14(18)11-5-3-10(7-15)4-6-11/h3-6,8H,2,9H2,1H3,(H,17,18). The molecule has 5 heteroatoms. The van der Waals surface area contributed by atoms with Crippen LogP contribution >= 0.6 is 11.3 Å². The molecular formula is C14H13N3OS. The van der Waals surface area contributed by atoms with E-state index in [1.165, 1.54) is 4.88 Å². The third-order valence-corrected chi connectivity index (χ3v) is 3.77. The molecule has 1 heterocycles. The molecule has 19 heavy (non-hydrogen) atoms. The third kappa shape index (κ3) is 3.39. The summed E-state index contributed by atoms with van der Waals surface area (Å²) in [6, 6.07) is 8.58. The zero-order valence-corrected chi connectivity index (χ0v) is 11.3. The minimum atomic E-state index is -0.155. The molecule has 1 aromatic heterocycles. The van der Waals surface area contributed by atoms with Gasteiger partial charge in [0.15, 0.2) is 0 Å². The first-order chi connectivity index (χ1) is 9.22. The highest BCUT2D eigenvalue weighted by atomic mass is 32.1. The van der Waals surface area contributed by atoms with Crippen molar-refractivity contribution in [2.24, 2.45) is 0 Å². The van der Waals surface area contributed by atoms with E-state index in [9.17, 15) is 4.79 Å². The number of nitriles is 1. The average Bonchev–Trinajstić information content (AvgIpc) is 2.93. The summed E-state index contributed by atoms with van der Waals surface area (Å²) in [6.45, 7) is 2.51. The van der Waals surface area contributed by atoms with E-state index >= 15 is 0 Å². The Kier molecular flexibility index (Phi) is 4.26. The molecule has 1 N–H and O–H groups in total. The van der Waals surface area contributed by atoms with Gasteiger partial charge < -0.3 is 5.32 Å². The normalized spacial score (nSPS) is 9.89. The third-order valence-electron chi connectivity index (χ3n) is 2.63. The molecule has 0 unspecified atom stereocenters. The molecule has 96 valence electrons. The predicted octanol–water partition coefficient (Wildman–Crippen LogP) is 2.51. The molecule has 2 aromatic rings. The van der Waals surface area contributed by atoms with E-state index < -0.39 is 0 Å². The Labute approximate surface area is 115 Å². The highest BCUT2D eigenvalue weighted by Gasteiger charge is 2.06. The predicted molar refractivity (Wildman–Crippen MR) is 73.8 cm³/mol. The number of benzene rings is 1. The molecule has 0 bridgehead atoms. The maximum Gasteiger partial charge on any atom is 0.251 e. The number of aryl methyl sites for hydroxylation is 1. The monoisotopic (exact) mass is 271 g/mol. The van der Waals surface area contributed by atoms with E-state index in [0.29, 0.717) is 17.7 Å². The topological polar surface area (TPSA) is 65.8 Å². The first-order valence-corrected chi connectivity index (χ1v) is 6.76. The quantitative estimate of drug-likeness (QED) is 0.929. The van der Waals surface area contributed by atoms with Crippen molar-refractivity contribution in [3.05, 3.63) is 51.5 Å². The van der Waals surface area contributed by atoms with Crippen molar-refractivity contribution in [1.82, 2.24) is 10.3 Å². The van der Waals surface area contributed by atoms with E-state index in [-0.39, 0.29) is 5.91 Å². The van der Waals surface area contributed by atoms with E-state index in [1.54, 1.807) is 35.6 Å². The van der Waals surface area contributed by atoms with Gasteiger partial charge in [-0.05, 0) is 30.7 Å². The fourth-order valence-corrected chi connectivity index (χ4v) is 2.35. The molecule has 0 fully saturated rings. The lowest BCUT2D eigenvalue weighted by Gasteiger charge is -2.02. The number of carbonyl (C=O) groups is 1. The van der Waals surface area contributed by atoms with Crippen LogP contribution in [0.25, 0.3) is 0 Å². The zero-order valence-electron chi connectivity index (χ0n) is 10.5. The smallest absolute Gasteiger partial charge is 0.251 e. The van der Waals surface area contributed by atoms with Crippen LogP contribution < -0.4 is 5.32 Å². The molecule has 4 nitrogen and oxygen atoms in total. The maximum absolute atomic E-state index is 11.9. The van der Waals surface area contributed by atoms with Crippen molar-refractivity contribution in [3.63, 3.8) is 0 Å². The van der Waals surface area contributed by atoms with Crippen LogP contribution in [0.15, 0.2) is 30.5 Å². The molecule has 0 saturated heterocycles. The number of carbonyl (C=O) groups excluding carboxylic acids is 1. The molecule has 0 spiro atoms. The molecule has 0 aliphatic rings. The number of rotatable bonds is 4. The highest BCUT2D eigenvalue weighted by Crippen LogP contribution is 2.13. The van der Waals surface area contributed by atoms with Gasteiger partial charge in [-0.15, -0.1) is 11.3 Å². The molecule has 0 atom stereocenters. The van der Waals surface area contributed by atoms with Gasteiger partial charge in [0, 0.05) is 16.6 Å². The number of aromatic nitrogens is 1. The van der Waals surface area contributed by atoms with Crippen LogP contribution in [0.1, 0.15) is 32.7 Å². The van der Waals surface area contributed by atoms with Crippen LogP contribution in [-0.4, -0.2) is 10.9 Å². The van der Waals surface area contributed by atoms with Gasteiger partial charge in [-0.3, -0.25) is 4.79 Å². The molecule has 0 aliphatic carbocycles. The van der Waals surface area contributed by atoms with Crippen LogP contribution in [0.4, 0.5) is 0 Å². The molecule has 2 rings (SSSR count). The van der Waals surface area contributed by atoms with Gasteiger partial charge in [0.25, 0.3) is 5.91 Å². The minimum absolute atomic E-state index is 0.155. The Bertz CT molecular complexity index is 610. The summed E-state index contributed by atoms with van der Waals surface area (Å²) in [5, 5.41) is 12.4. The van der Waals surface area contributed by atoms with Crippen molar-refractivity contribution in [3.8, 4) is 6.07 Å². The maximum atomic E-state index is 11.9. The average molecular weight is 271 g/mol. The number of hydrogen-bond donors (Lipinski definition) is 1. The van der Waals surface area contributed by atoms with Crippen LogP contribution in [0.3, 0.4) is 0 Å².